The second-order valence-corrected chi connectivity index (χ2v) is 10.2. The van der Waals surface area contributed by atoms with Crippen LogP contribution in [0.2, 0.25) is 0 Å². The van der Waals surface area contributed by atoms with Gasteiger partial charge in [-0.2, -0.15) is 0 Å². The molecule has 7 nitrogen and oxygen atoms in total. The van der Waals surface area contributed by atoms with Crippen LogP contribution in [0.25, 0.3) is 0 Å². The molecule has 1 atom stereocenters. The van der Waals surface area contributed by atoms with Crippen molar-refractivity contribution in [1.82, 2.24) is 4.90 Å². The van der Waals surface area contributed by atoms with Gasteiger partial charge >= 0.3 is 5.97 Å². The molecule has 1 fully saturated rings. The highest BCUT2D eigenvalue weighted by molar-refractivity contribution is 7.91. The lowest BCUT2D eigenvalue weighted by Crippen LogP contribution is -2.40. The summed E-state index contributed by atoms with van der Waals surface area (Å²) in [5.74, 6) is -1.22. The fraction of sp³-hybridized carbons (Fsp3) is 0.600. The molecule has 0 bridgehead atoms. The molecule has 0 aromatic heterocycles. The Bertz CT molecular complexity index is 860. The SMILES string of the molecule is CC(C)c1cc(C(=O)OCC(=O)N(C)C2CCS(=O)(=O)C2)c(O)c(C(C)C)c1. The lowest BCUT2D eigenvalue weighted by atomic mass is 9.92. The van der Waals surface area contributed by atoms with Crippen molar-refractivity contribution in [3.05, 3.63) is 28.8 Å². The second kappa shape index (κ2) is 8.51. The number of ether oxygens (including phenoxy) is 1. The zero-order valence-electron chi connectivity index (χ0n) is 17.1. The van der Waals surface area contributed by atoms with Crippen LogP contribution in [-0.2, 0) is 19.4 Å². The van der Waals surface area contributed by atoms with E-state index in [-0.39, 0.29) is 34.7 Å². The van der Waals surface area contributed by atoms with Crippen LogP contribution < -0.4 is 0 Å². The molecule has 0 saturated carbocycles. The molecule has 1 saturated heterocycles. The number of aromatic hydroxyl groups is 1. The van der Waals surface area contributed by atoms with E-state index in [1.54, 1.807) is 6.07 Å². The van der Waals surface area contributed by atoms with Crippen molar-refractivity contribution in [2.75, 3.05) is 25.2 Å². The molecule has 1 aliphatic rings. The standard InChI is InChI=1S/C20H29NO6S/c1-12(2)14-8-16(13(3)4)19(23)17(9-14)20(24)27-10-18(22)21(5)15-6-7-28(25,26)11-15/h8-9,12-13,15,23H,6-7,10-11H2,1-5H3. The Morgan fingerprint density at radius 3 is 2.36 bits per heavy atom. The van der Waals surface area contributed by atoms with Gasteiger partial charge in [0, 0.05) is 13.1 Å². The van der Waals surface area contributed by atoms with Crippen LogP contribution in [0, 0.1) is 0 Å². The number of phenolic OH excluding ortho intramolecular Hbond substituents is 1. The van der Waals surface area contributed by atoms with E-state index in [0.29, 0.717) is 12.0 Å². The Hall–Kier alpha value is -2.09. The lowest BCUT2D eigenvalue weighted by Gasteiger charge is -2.23. The van der Waals surface area contributed by atoms with E-state index >= 15 is 0 Å². The van der Waals surface area contributed by atoms with E-state index in [2.05, 4.69) is 0 Å². The van der Waals surface area contributed by atoms with E-state index in [1.807, 2.05) is 33.8 Å². The number of carbonyl (C=O) groups excluding carboxylic acids is 2. The Morgan fingerprint density at radius 1 is 1.21 bits per heavy atom. The van der Waals surface area contributed by atoms with Gasteiger partial charge in [-0.1, -0.05) is 33.8 Å². The van der Waals surface area contributed by atoms with Crippen LogP contribution >= 0.6 is 0 Å². The number of benzene rings is 1. The molecule has 1 aliphatic heterocycles. The molecule has 1 aromatic rings. The van der Waals surface area contributed by atoms with Gasteiger partial charge in [-0.05, 0) is 35.4 Å². The summed E-state index contributed by atoms with van der Waals surface area (Å²) in [4.78, 5) is 26.1. The summed E-state index contributed by atoms with van der Waals surface area (Å²) in [6.07, 6.45) is 0.382. The van der Waals surface area contributed by atoms with Gasteiger partial charge in [0.05, 0.1) is 11.5 Å². The summed E-state index contributed by atoms with van der Waals surface area (Å²) in [6.45, 7) is 7.30. The smallest absolute Gasteiger partial charge is 0.342 e. The van der Waals surface area contributed by atoms with Crippen molar-refractivity contribution in [2.45, 2.75) is 52.0 Å². The minimum Gasteiger partial charge on any atom is -0.507 e. The molecule has 1 aromatic carbocycles. The van der Waals surface area contributed by atoms with Gasteiger partial charge in [-0.3, -0.25) is 4.79 Å². The molecule has 1 unspecified atom stereocenters. The Balaban J connectivity index is 2.11. The summed E-state index contributed by atoms with van der Waals surface area (Å²) < 4.78 is 28.3. The minimum absolute atomic E-state index is 0.0160. The molecule has 156 valence electrons. The first-order chi connectivity index (χ1) is 12.9. The van der Waals surface area contributed by atoms with Crippen molar-refractivity contribution in [2.24, 2.45) is 0 Å². The van der Waals surface area contributed by atoms with Gasteiger partial charge in [0.2, 0.25) is 0 Å². The van der Waals surface area contributed by atoms with Crippen molar-refractivity contribution < 1.29 is 27.9 Å². The molecule has 0 spiro atoms. The number of sulfone groups is 1. The van der Waals surface area contributed by atoms with Gasteiger partial charge in [-0.15, -0.1) is 0 Å². The minimum atomic E-state index is -3.11. The van der Waals surface area contributed by atoms with Gasteiger partial charge < -0.3 is 14.7 Å². The molecular formula is C20H29NO6S. The Kier molecular flexibility index (Phi) is 6.75. The quantitative estimate of drug-likeness (QED) is 0.722. The topological polar surface area (TPSA) is 101 Å². The zero-order valence-corrected chi connectivity index (χ0v) is 17.9. The summed E-state index contributed by atoms with van der Waals surface area (Å²) in [5.41, 5.74) is 1.58. The molecular weight excluding hydrogens is 382 g/mol. The third-order valence-electron chi connectivity index (χ3n) is 5.15. The molecule has 8 heteroatoms. The van der Waals surface area contributed by atoms with E-state index in [1.165, 1.54) is 11.9 Å². The van der Waals surface area contributed by atoms with E-state index in [4.69, 9.17) is 4.74 Å². The van der Waals surface area contributed by atoms with Crippen LogP contribution in [0.5, 0.6) is 5.75 Å². The maximum atomic E-state index is 12.5. The molecule has 0 aliphatic carbocycles. The molecule has 0 radical (unpaired) electrons. The number of hydrogen-bond acceptors (Lipinski definition) is 6. The maximum Gasteiger partial charge on any atom is 0.342 e. The van der Waals surface area contributed by atoms with Crippen LogP contribution in [-0.4, -0.2) is 61.5 Å². The molecule has 2 rings (SSSR count). The second-order valence-electron chi connectivity index (χ2n) is 7.95. The fourth-order valence-electron chi connectivity index (χ4n) is 3.20. The van der Waals surface area contributed by atoms with Gasteiger partial charge in [0.25, 0.3) is 5.91 Å². The van der Waals surface area contributed by atoms with Gasteiger partial charge in [0.1, 0.15) is 11.3 Å². The summed E-state index contributed by atoms with van der Waals surface area (Å²) >= 11 is 0. The first-order valence-electron chi connectivity index (χ1n) is 9.43. The van der Waals surface area contributed by atoms with Crippen LogP contribution in [0.15, 0.2) is 12.1 Å². The largest absolute Gasteiger partial charge is 0.507 e. The number of hydrogen-bond donors (Lipinski definition) is 1. The van der Waals surface area contributed by atoms with Crippen molar-refractivity contribution in [1.29, 1.82) is 0 Å². The number of nitrogens with zero attached hydrogens (tertiary/aromatic N) is 1. The predicted molar refractivity (Wildman–Crippen MR) is 106 cm³/mol. The third-order valence-corrected chi connectivity index (χ3v) is 6.90. The maximum absolute atomic E-state index is 12.5. The number of phenols is 1. The normalized spacial score (nSPS) is 18.5. The average molecular weight is 412 g/mol. The number of likely N-dealkylation sites (N-methyl/N-ethyl adjacent to an activating group) is 1. The molecule has 1 heterocycles. The Labute approximate surface area is 166 Å². The van der Waals surface area contributed by atoms with Crippen molar-refractivity contribution >= 4 is 21.7 Å². The lowest BCUT2D eigenvalue weighted by molar-refractivity contribution is -0.134. The molecule has 1 N–H and O–H groups in total. The van der Waals surface area contributed by atoms with E-state index in [0.717, 1.165) is 5.56 Å². The first-order valence-corrected chi connectivity index (χ1v) is 11.2. The fourth-order valence-corrected chi connectivity index (χ4v) is 4.97. The van der Waals surface area contributed by atoms with Crippen LogP contribution in [0.1, 0.15) is 67.4 Å². The number of amides is 1. The highest BCUT2D eigenvalue weighted by Crippen LogP contribution is 2.33. The zero-order chi connectivity index (χ0) is 21.2. The average Bonchev–Trinajstić information content (AvgIpc) is 2.98. The van der Waals surface area contributed by atoms with E-state index < -0.39 is 34.4 Å². The summed E-state index contributed by atoms with van der Waals surface area (Å²) in [7, 11) is -1.61. The number of esters is 1. The summed E-state index contributed by atoms with van der Waals surface area (Å²) in [5, 5.41) is 10.5. The van der Waals surface area contributed by atoms with Crippen LogP contribution in [0.4, 0.5) is 0 Å². The van der Waals surface area contributed by atoms with Crippen LogP contribution in [0.3, 0.4) is 0 Å². The highest BCUT2D eigenvalue weighted by atomic mass is 32.2. The predicted octanol–water partition coefficient (Wildman–Crippen LogP) is 2.44. The summed E-state index contributed by atoms with van der Waals surface area (Å²) in [6, 6.07) is 3.06. The Morgan fingerprint density at radius 2 is 1.86 bits per heavy atom. The van der Waals surface area contributed by atoms with Crippen molar-refractivity contribution in [3.8, 4) is 5.75 Å². The number of rotatable bonds is 6. The molecule has 28 heavy (non-hydrogen) atoms. The highest BCUT2D eigenvalue weighted by Gasteiger charge is 2.33. The van der Waals surface area contributed by atoms with E-state index in [9.17, 15) is 23.1 Å². The first kappa shape index (κ1) is 22.2. The number of carbonyl (C=O) groups is 2. The molecule has 1 amide bonds. The van der Waals surface area contributed by atoms with Gasteiger partial charge in [0.15, 0.2) is 16.4 Å². The van der Waals surface area contributed by atoms with Crippen molar-refractivity contribution in [3.63, 3.8) is 0 Å². The third kappa shape index (κ3) is 5.04. The van der Waals surface area contributed by atoms with Gasteiger partial charge in [-0.25, -0.2) is 13.2 Å². The monoisotopic (exact) mass is 411 g/mol.